The van der Waals surface area contributed by atoms with Crippen molar-refractivity contribution in [2.75, 3.05) is 4.72 Å². The van der Waals surface area contributed by atoms with Crippen LogP contribution < -0.4 is 10.3 Å². The molecule has 0 radical (unpaired) electrons. The number of fused-ring (bicyclic) bond motifs is 1. The second kappa shape index (κ2) is 8.01. The monoisotopic (exact) mass is 499 g/mol. The molecule has 31 heavy (non-hydrogen) atoms. The van der Waals surface area contributed by atoms with E-state index in [4.69, 9.17) is 4.42 Å². The molecule has 156 valence electrons. The summed E-state index contributed by atoms with van der Waals surface area (Å²) in [7, 11) is -3.79. The molecular weight excluding hydrogens is 486 g/mol. The molecule has 2 N–H and O–H groups in total. The van der Waals surface area contributed by atoms with E-state index in [1.165, 1.54) is 60.7 Å². The third-order valence-corrected chi connectivity index (χ3v) is 6.41. The van der Waals surface area contributed by atoms with Crippen LogP contribution in [0, 0.1) is 0 Å². The van der Waals surface area contributed by atoms with Crippen molar-refractivity contribution in [2.45, 2.75) is 4.90 Å². The number of halogens is 1. The van der Waals surface area contributed by atoms with Gasteiger partial charge in [-0.3, -0.25) is 9.52 Å². The Morgan fingerprint density at radius 3 is 2.29 bits per heavy atom. The van der Waals surface area contributed by atoms with E-state index in [2.05, 4.69) is 20.7 Å². The van der Waals surface area contributed by atoms with Gasteiger partial charge in [0.25, 0.3) is 10.0 Å². The lowest BCUT2D eigenvalue weighted by molar-refractivity contribution is 0.103. The second-order valence-electron chi connectivity index (χ2n) is 6.64. The highest BCUT2D eigenvalue weighted by Gasteiger charge is 2.18. The number of sulfonamides is 1. The van der Waals surface area contributed by atoms with Gasteiger partial charge in [0.05, 0.1) is 4.90 Å². The van der Waals surface area contributed by atoms with Crippen LogP contribution in [0.2, 0.25) is 0 Å². The van der Waals surface area contributed by atoms with Crippen LogP contribution in [0.15, 0.2) is 91.4 Å². The number of aromatic hydroxyl groups is 1. The van der Waals surface area contributed by atoms with E-state index >= 15 is 0 Å². The summed E-state index contributed by atoms with van der Waals surface area (Å²) < 4.78 is 33.3. The van der Waals surface area contributed by atoms with Crippen LogP contribution in [0.4, 0.5) is 5.69 Å². The van der Waals surface area contributed by atoms with Crippen LogP contribution in [0.5, 0.6) is 5.75 Å². The number of ketones is 1. The van der Waals surface area contributed by atoms with E-state index in [1.807, 2.05) is 0 Å². The van der Waals surface area contributed by atoms with Crippen molar-refractivity contribution in [2.24, 2.45) is 0 Å². The normalized spacial score (nSPS) is 11.4. The predicted octanol–water partition coefficient (Wildman–Crippen LogP) is 4.29. The summed E-state index contributed by atoms with van der Waals surface area (Å²) in [5.41, 5.74) is -0.374. The molecule has 0 atom stereocenters. The Bertz CT molecular complexity index is 1460. The van der Waals surface area contributed by atoms with Gasteiger partial charge < -0.3 is 9.52 Å². The lowest BCUT2D eigenvalue weighted by Crippen LogP contribution is -2.15. The highest BCUT2D eigenvalue weighted by atomic mass is 79.9. The van der Waals surface area contributed by atoms with Crippen molar-refractivity contribution < 1.29 is 22.7 Å². The number of hydrogen-bond acceptors (Lipinski definition) is 6. The lowest BCUT2D eigenvalue weighted by atomic mass is 10.0. The minimum atomic E-state index is -3.79. The fraction of sp³-hybridized carbons (Fsp3) is 0. The van der Waals surface area contributed by atoms with Crippen LogP contribution in [-0.2, 0) is 10.0 Å². The van der Waals surface area contributed by atoms with Crippen LogP contribution in [0.25, 0.3) is 11.0 Å². The molecule has 0 bridgehead atoms. The second-order valence-corrected chi connectivity index (χ2v) is 9.23. The minimum Gasteiger partial charge on any atom is -0.508 e. The van der Waals surface area contributed by atoms with Gasteiger partial charge in [0.1, 0.15) is 16.9 Å². The number of rotatable bonds is 5. The van der Waals surface area contributed by atoms with Crippen molar-refractivity contribution in [3.63, 3.8) is 0 Å². The number of carbonyl (C=O) groups is 1. The van der Waals surface area contributed by atoms with E-state index < -0.39 is 21.4 Å². The van der Waals surface area contributed by atoms with Gasteiger partial charge in [-0.25, -0.2) is 13.2 Å². The molecule has 9 heteroatoms. The van der Waals surface area contributed by atoms with Gasteiger partial charge in [0.15, 0.2) is 5.78 Å². The Balaban J connectivity index is 1.59. The van der Waals surface area contributed by atoms with Crippen molar-refractivity contribution in [3.05, 3.63) is 98.8 Å². The Labute approximate surface area is 185 Å². The van der Waals surface area contributed by atoms with E-state index in [-0.39, 0.29) is 33.0 Å². The number of phenolic OH excluding ortho intramolecular Hbond substituents is 1. The van der Waals surface area contributed by atoms with Crippen molar-refractivity contribution in [1.29, 1.82) is 0 Å². The summed E-state index contributed by atoms with van der Waals surface area (Å²) >= 11 is 3.25. The van der Waals surface area contributed by atoms with Gasteiger partial charge in [-0.2, -0.15) is 0 Å². The van der Waals surface area contributed by atoms with Gasteiger partial charge in [-0.05, 0) is 66.7 Å². The topological polar surface area (TPSA) is 114 Å². The Morgan fingerprint density at radius 2 is 1.61 bits per heavy atom. The van der Waals surface area contributed by atoms with E-state index in [0.29, 0.717) is 5.39 Å². The fourth-order valence-corrected chi connectivity index (χ4v) is 4.25. The van der Waals surface area contributed by atoms with Crippen LogP contribution in [0.3, 0.4) is 0 Å². The van der Waals surface area contributed by atoms with Crippen LogP contribution in [-0.4, -0.2) is 19.3 Å². The quantitative estimate of drug-likeness (QED) is 0.312. The number of anilines is 1. The molecule has 0 saturated heterocycles. The Kier molecular flexibility index (Phi) is 5.38. The molecule has 0 unspecified atom stereocenters. The molecule has 3 aromatic carbocycles. The first kappa shape index (κ1) is 20.8. The third-order valence-electron chi connectivity index (χ3n) is 4.49. The first-order valence-corrected chi connectivity index (χ1v) is 11.2. The van der Waals surface area contributed by atoms with Crippen molar-refractivity contribution in [1.82, 2.24) is 0 Å². The minimum absolute atomic E-state index is 0.0593. The average molecular weight is 500 g/mol. The maximum Gasteiger partial charge on any atom is 0.347 e. The highest BCUT2D eigenvalue weighted by Crippen LogP contribution is 2.22. The van der Waals surface area contributed by atoms with Gasteiger partial charge in [0.2, 0.25) is 0 Å². The Hall–Kier alpha value is -3.43. The molecule has 0 spiro atoms. The first-order valence-electron chi connectivity index (χ1n) is 8.93. The molecule has 7 nitrogen and oxygen atoms in total. The first-order chi connectivity index (χ1) is 14.7. The summed E-state index contributed by atoms with van der Waals surface area (Å²) in [6.07, 6.45) is 0. The summed E-state index contributed by atoms with van der Waals surface area (Å²) in [6.45, 7) is 0. The van der Waals surface area contributed by atoms with Crippen molar-refractivity contribution in [3.8, 4) is 5.75 Å². The largest absolute Gasteiger partial charge is 0.508 e. The number of carbonyl (C=O) groups excluding carboxylic acids is 1. The van der Waals surface area contributed by atoms with Gasteiger partial charge in [-0.15, -0.1) is 0 Å². The molecule has 0 amide bonds. The van der Waals surface area contributed by atoms with E-state index in [1.54, 1.807) is 12.1 Å². The van der Waals surface area contributed by atoms with Crippen LogP contribution in [0.1, 0.15) is 15.9 Å². The van der Waals surface area contributed by atoms with Gasteiger partial charge in [0, 0.05) is 27.2 Å². The highest BCUT2D eigenvalue weighted by molar-refractivity contribution is 9.10. The van der Waals surface area contributed by atoms with Gasteiger partial charge >= 0.3 is 5.63 Å². The number of hydrogen-bond donors (Lipinski definition) is 2. The van der Waals surface area contributed by atoms with Gasteiger partial charge in [-0.1, -0.05) is 15.9 Å². The number of phenols is 1. The van der Waals surface area contributed by atoms with E-state index in [9.17, 15) is 23.1 Å². The molecule has 1 aromatic heterocycles. The maximum absolute atomic E-state index is 12.8. The van der Waals surface area contributed by atoms with Crippen molar-refractivity contribution >= 4 is 48.4 Å². The molecule has 0 aliphatic carbocycles. The van der Waals surface area contributed by atoms with Crippen LogP contribution >= 0.6 is 15.9 Å². The number of benzene rings is 3. The molecule has 4 rings (SSSR count). The predicted molar refractivity (Wildman–Crippen MR) is 119 cm³/mol. The standard InChI is InChI=1S/C22H14BrNO6S/c23-15-4-9-18(10-5-15)31(28,29)24-16-6-1-13(2-7-16)21(26)19-11-14-3-8-17(25)12-20(14)30-22(19)27/h1-12,24-25H. The lowest BCUT2D eigenvalue weighted by Gasteiger charge is -2.09. The summed E-state index contributed by atoms with van der Waals surface area (Å²) in [5.74, 6) is -0.623. The maximum atomic E-state index is 12.8. The zero-order valence-electron chi connectivity index (χ0n) is 15.7. The SMILES string of the molecule is O=C(c1ccc(NS(=O)(=O)c2ccc(Br)cc2)cc1)c1cc2ccc(O)cc2oc1=O. The summed E-state index contributed by atoms with van der Waals surface area (Å²) in [5, 5.41) is 9.98. The third kappa shape index (κ3) is 4.37. The molecule has 0 aliphatic heterocycles. The zero-order chi connectivity index (χ0) is 22.2. The molecule has 0 fully saturated rings. The average Bonchev–Trinajstić information content (AvgIpc) is 2.73. The zero-order valence-corrected chi connectivity index (χ0v) is 18.1. The molecule has 4 aromatic rings. The smallest absolute Gasteiger partial charge is 0.347 e. The Morgan fingerprint density at radius 1 is 0.935 bits per heavy atom. The number of nitrogens with one attached hydrogen (secondary N) is 1. The fourth-order valence-electron chi connectivity index (χ4n) is 2.93. The molecular formula is C22H14BrNO6S. The molecule has 1 heterocycles. The summed E-state index contributed by atoms with van der Waals surface area (Å²) in [6, 6.07) is 17.5. The molecule has 0 saturated carbocycles. The molecule has 0 aliphatic rings. The summed E-state index contributed by atoms with van der Waals surface area (Å²) in [4.78, 5) is 25.1. The van der Waals surface area contributed by atoms with E-state index in [0.717, 1.165) is 4.47 Å².